The molecule has 10 heteroatoms. The van der Waals surface area contributed by atoms with Gasteiger partial charge in [0.15, 0.2) is 0 Å². The summed E-state index contributed by atoms with van der Waals surface area (Å²) in [6.45, 7) is 1.74. The fourth-order valence-corrected chi connectivity index (χ4v) is 5.97. The lowest BCUT2D eigenvalue weighted by Crippen LogP contribution is -2.24. The van der Waals surface area contributed by atoms with E-state index in [0.29, 0.717) is 34.0 Å². The normalized spacial score (nSPS) is 11.1. The number of carbonyl (C=O) groups excluding carboxylic acids is 1. The maximum atomic E-state index is 13.7. The van der Waals surface area contributed by atoms with Gasteiger partial charge in [-0.2, -0.15) is 0 Å². The minimum atomic E-state index is -0.676. The number of rotatable bonds is 7. The quantitative estimate of drug-likeness (QED) is 0.231. The number of carbonyl (C=O) groups is 1. The lowest BCUT2D eigenvalue weighted by Gasteiger charge is -2.13. The van der Waals surface area contributed by atoms with Crippen LogP contribution in [0.4, 0.5) is 11.4 Å². The minimum absolute atomic E-state index is 0.0107. The van der Waals surface area contributed by atoms with E-state index in [1.54, 1.807) is 67.6 Å². The lowest BCUT2D eigenvalue weighted by molar-refractivity contribution is 0.102. The number of benzene rings is 5. The maximum absolute atomic E-state index is 13.7. The van der Waals surface area contributed by atoms with Crippen molar-refractivity contribution in [2.24, 2.45) is 0 Å². The third-order valence-corrected chi connectivity index (χ3v) is 8.45. The highest BCUT2D eigenvalue weighted by Gasteiger charge is 2.22. The highest BCUT2D eigenvalue weighted by molar-refractivity contribution is 6.05. The summed E-state index contributed by atoms with van der Waals surface area (Å²) in [7, 11) is 3.89. The number of fused-ring (bicyclic) bond motifs is 2. The first-order chi connectivity index (χ1) is 24.0. The van der Waals surface area contributed by atoms with E-state index in [0.717, 1.165) is 14.8 Å². The maximum Gasteiger partial charge on any atom is 0.266 e. The Morgan fingerprint density at radius 2 is 1.22 bits per heavy atom. The number of terminal acetylenes is 1. The van der Waals surface area contributed by atoms with Crippen LogP contribution in [0.2, 0.25) is 0 Å². The van der Waals surface area contributed by atoms with E-state index in [1.165, 1.54) is 18.2 Å². The molecule has 0 saturated heterocycles. The fraction of sp³-hybridized carbons (Fsp3) is 0.0750. The third kappa shape index (κ3) is 5.52. The van der Waals surface area contributed by atoms with Crippen molar-refractivity contribution in [2.75, 3.05) is 24.3 Å². The Balaban J connectivity index is 1.23. The van der Waals surface area contributed by atoms with Gasteiger partial charge in [0.2, 0.25) is 0 Å². The van der Waals surface area contributed by atoms with Gasteiger partial charge in [0.05, 0.1) is 32.9 Å². The summed E-state index contributed by atoms with van der Waals surface area (Å²) >= 11 is 0. The Labute approximate surface area is 284 Å². The molecule has 2 aromatic heterocycles. The summed E-state index contributed by atoms with van der Waals surface area (Å²) in [4.78, 5) is 69.7. The van der Waals surface area contributed by atoms with E-state index in [2.05, 4.69) is 11.2 Å². The third-order valence-electron chi connectivity index (χ3n) is 8.45. The summed E-state index contributed by atoms with van der Waals surface area (Å²) in [5.74, 6) is 3.18. The van der Waals surface area contributed by atoms with Gasteiger partial charge in [-0.1, -0.05) is 12.0 Å². The molecular weight excluding hydrogens is 632 g/mol. The van der Waals surface area contributed by atoms with Crippen molar-refractivity contribution in [3.63, 3.8) is 0 Å². The van der Waals surface area contributed by atoms with Crippen LogP contribution in [0.25, 0.3) is 32.9 Å². The molecular formula is C40H28N4O6. The average molecular weight is 661 g/mol. The summed E-state index contributed by atoms with van der Waals surface area (Å²) in [6.07, 6.45) is 5.47. The van der Waals surface area contributed by atoms with Gasteiger partial charge >= 0.3 is 0 Å². The van der Waals surface area contributed by atoms with Crippen molar-refractivity contribution >= 4 is 38.8 Å². The monoisotopic (exact) mass is 660 g/mol. The first-order valence-electron chi connectivity index (χ1n) is 15.5. The number of hydrogen-bond donors (Lipinski definition) is 1. The molecule has 0 bridgehead atoms. The Morgan fingerprint density at radius 1 is 0.680 bits per heavy atom. The SMILES string of the molecule is C#Cc1cccc(NC(=O)c2cc(C)cc(-n3c(=O)c4cc5c(=O)n(-c6ccc(Oc7ccc(N(C)C)cc7)cc6)c(=O)c5cc4c3=O)c2)c1. The van der Waals surface area contributed by atoms with Gasteiger partial charge in [0, 0.05) is 36.6 Å². The summed E-state index contributed by atoms with van der Waals surface area (Å²) in [6, 6.07) is 28.1. The second kappa shape index (κ2) is 12.2. The first kappa shape index (κ1) is 31.6. The molecule has 0 fully saturated rings. The largest absolute Gasteiger partial charge is 0.457 e. The average Bonchev–Trinajstić information content (AvgIpc) is 3.50. The van der Waals surface area contributed by atoms with Crippen molar-refractivity contribution < 1.29 is 9.53 Å². The number of nitrogens with one attached hydrogen (secondary N) is 1. The first-order valence-corrected chi connectivity index (χ1v) is 15.5. The van der Waals surface area contributed by atoms with E-state index in [4.69, 9.17) is 11.2 Å². The molecule has 1 amide bonds. The van der Waals surface area contributed by atoms with Gasteiger partial charge in [-0.25, -0.2) is 9.13 Å². The number of amides is 1. The van der Waals surface area contributed by atoms with Gasteiger partial charge in [0.25, 0.3) is 28.1 Å². The number of aryl methyl sites for hydroxylation is 1. The zero-order valence-electron chi connectivity index (χ0n) is 27.2. The van der Waals surface area contributed by atoms with Crippen LogP contribution in [-0.2, 0) is 0 Å². The molecule has 0 radical (unpaired) electrons. The van der Waals surface area contributed by atoms with Crippen molar-refractivity contribution in [3.05, 3.63) is 161 Å². The van der Waals surface area contributed by atoms with E-state index >= 15 is 0 Å². The van der Waals surface area contributed by atoms with E-state index < -0.39 is 28.1 Å². The Hall–Kier alpha value is -6.99. The van der Waals surface area contributed by atoms with Crippen LogP contribution in [0.3, 0.4) is 0 Å². The molecule has 0 saturated carbocycles. The molecule has 50 heavy (non-hydrogen) atoms. The van der Waals surface area contributed by atoms with Crippen molar-refractivity contribution in [2.45, 2.75) is 6.92 Å². The zero-order valence-corrected chi connectivity index (χ0v) is 27.2. The smallest absolute Gasteiger partial charge is 0.266 e. The predicted octanol–water partition coefficient (Wildman–Crippen LogP) is 5.29. The van der Waals surface area contributed by atoms with Gasteiger partial charge in [-0.3, -0.25) is 24.0 Å². The highest BCUT2D eigenvalue weighted by Crippen LogP contribution is 2.25. The minimum Gasteiger partial charge on any atom is -0.457 e. The zero-order chi connectivity index (χ0) is 35.3. The number of nitrogens with zero attached hydrogens (tertiary/aromatic N) is 3. The Kier molecular flexibility index (Phi) is 7.73. The molecule has 0 aliphatic rings. The van der Waals surface area contributed by atoms with Crippen LogP contribution in [0.15, 0.2) is 122 Å². The van der Waals surface area contributed by atoms with E-state index in [1.807, 2.05) is 43.3 Å². The number of anilines is 2. The van der Waals surface area contributed by atoms with Crippen LogP contribution in [0.1, 0.15) is 21.5 Å². The van der Waals surface area contributed by atoms with Gasteiger partial charge in [-0.15, -0.1) is 6.42 Å². The number of hydrogen-bond acceptors (Lipinski definition) is 7. The van der Waals surface area contributed by atoms with Gasteiger partial charge in [-0.05, 0) is 110 Å². The van der Waals surface area contributed by atoms with Crippen LogP contribution in [-0.4, -0.2) is 29.1 Å². The highest BCUT2D eigenvalue weighted by atomic mass is 16.5. The summed E-state index contributed by atoms with van der Waals surface area (Å²) < 4.78 is 7.87. The molecule has 1 N–H and O–H groups in total. The van der Waals surface area contributed by atoms with Gasteiger partial charge in [0.1, 0.15) is 11.5 Å². The van der Waals surface area contributed by atoms with Crippen LogP contribution in [0.5, 0.6) is 11.5 Å². The molecule has 0 spiro atoms. The molecule has 10 nitrogen and oxygen atoms in total. The number of ether oxygens (including phenoxy) is 1. The van der Waals surface area contributed by atoms with E-state index in [-0.39, 0.29) is 32.8 Å². The lowest BCUT2D eigenvalue weighted by atomic mass is 10.1. The predicted molar refractivity (Wildman–Crippen MR) is 195 cm³/mol. The van der Waals surface area contributed by atoms with Crippen molar-refractivity contribution in [1.82, 2.24) is 9.13 Å². The molecule has 7 rings (SSSR count). The summed E-state index contributed by atoms with van der Waals surface area (Å²) in [5.41, 5.74) is 0.832. The Morgan fingerprint density at radius 3 is 1.76 bits per heavy atom. The molecule has 244 valence electrons. The van der Waals surface area contributed by atoms with Crippen molar-refractivity contribution in [3.8, 4) is 35.2 Å². The molecule has 5 aromatic carbocycles. The van der Waals surface area contributed by atoms with Crippen LogP contribution < -0.4 is 37.2 Å². The molecule has 2 heterocycles. The topological polar surface area (TPSA) is 120 Å². The molecule has 0 aliphatic carbocycles. The Bertz CT molecular complexity index is 2660. The fourth-order valence-electron chi connectivity index (χ4n) is 5.97. The summed E-state index contributed by atoms with van der Waals surface area (Å²) in [5, 5.41) is 2.78. The van der Waals surface area contributed by atoms with Crippen molar-refractivity contribution in [1.29, 1.82) is 0 Å². The van der Waals surface area contributed by atoms with E-state index in [9.17, 15) is 24.0 Å². The molecule has 0 unspecified atom stereocenters. The van der Waals surface area contributed by atoms with Crippen LogP contribution in [0, 0.1) is 19.3 Å². The van der Waals surface area contributed by atoms with Crippen LogP contribution >= 0.6 is 0 Å². The second-order valence-corrected chi connectivity index (χ2v) is 12.1. The molecule has 7 aromatic rings. The standard InChI is InChI=1S/C40H28N4O6/c1-5-24-7-6-8-26(19-24)41-36(45)25-17-23(2)18-29(20-25)44-39(48)34-21-32-33(22-35(34)40(44)49)38(47)43(37(32)46)28-11-15-31(16-12-28)50-30-13-9-27(10-14-30)42(3)4/h1,6-22H,2-4H3,(H,41,45). The number of aromatic nitrogens is 2. The molecule has 0 atom stereocenters. The molecule has 0 aliphatic heterocycles. The van der Waals surface area contributed by atoms with Gasteiger partial charge < -0.3 is 15.0 Å². The second-order valence-electron chi connectivity index (χ2n) is 12.1.